The molecule has 7 heteroatoms. The molecule has 0 atom stereocenters. The highest BCUT2D eigenvalue weighted by molar-refractivity contribution is 8.93. The van der Waals surface area contributed by atoms with Crippen LogP contribution in [0.25, 0.3) is 22.0 Å². The fourth-order valence-electron chi connectivity index (χ4n) is 3.14. The third kappa shape index (κ3) is 4.35. The van der Waals surface area contributed by atoms with Crippen LogP contribution in [-0.4, -0.2) is 15.7 Å². The molecule has 0 saturated carbocycles. The van der Waals surface area contributed by atoms with E-state index in [4.69, 9.17) is 0 Å². The lowest BCUT2D eigenvalue weighted by Crippen LogP contribution is -2.37. The molecule has 0 spiro atoms. The van der Waals surface area contributed by atoms with Crippen LogP contribution in [-0.2, 0) is 6.54 Å². The van der Waals surface area contributed by atoms with Crippen molar-refractivity contribution < 1.29 is 14.3 Å². The highest BCUT2D eigenvalue weighted by Gasteiger charge is 2.15. The average Bonchev–Trinajstić information content (AvgIpc) is 2.74. The maximum absolute atomic E-state index is 12.4. The van der Waals surface area contributed by atoms with Gasteiger partial charge in [-0.25, -0.2) is 4.57 Å². The minimum absolute atomic E-state index is 0. The molecule has 0 fully saturated rings. The van der Waals surface area contributed by atoms with Crippen molar-refractivity contribution in [3.05, 3.63) is 101 Å². The second-order valence-corrected chi connectivity index (χ2v) is 6.38. The normalized spacial score (nSPS) is 10.3. The van der Waals surface area contributed by atoms with Gasteiger partial charge in [0.2, 0.25) is 5.78 Å². The van der Waals surface area contributed by atoms with Crippen molar-refractivity contribution in [1.82, 2.24) is 4.98 Å². The molecule has 0 aliphatic carbocycles. The molecule has 6 nitrogen and oxygen atoms in total. The monoisotopic (exact) mass is 450 g/mol. The molecule has 0 aliphatic heterocycles. The fourth-order valence-corrected chi connectivity index (χ4v) is 3.14. The summed E-state index contributed by atoms with van der Waals surface area (Å²) >= 11 is 0. The molecule has 29 heavy (non-hydrogen) atoms. The maximum Gasteiger partial charge on any atom is 0.287 e. The van der Waals surface area contributed by atoms with E-state index in [2.05, 4.69) is 23.2 Å². The lowest BCUT2D eigenvalue weighted by Gasteiger charge is -2.04. The average molecular weight is 451 g/mol. The van der Waals surface area contributed by atoms with E-state index >= 15 is 0 Å². The smallest absolute Gasteiger partial charge is 0.287 e. The zero-order valence-corrected chi connectivity index (χ0v) is 17.0. The Morgan fingerprint density at radius 2 is 1.76 bits per heavy atom. The summed E-state index contributed by atoms with van der Waals surface area (Å²) in [5.74, 6) is -0.214. The van der Waals surface area contributed by atoms with E-state index in [1.807, 2.05) is 30.3 Å². The minimum Gasteiger partial charge on any atom is -0.290 e. The van der Waals surface area contributed by atoms with Crippen LogP contribution >= 0.6 is 17.0 Å². The van der Waals surface area contributed by atoms with Crippen LogP contribution in [0.5, 0.6) is 0 Å². The predicted molar refractivity (Wildman–Crippen MR) is 115 cm³/mol. The molecular formula is C22H17BrN3O3+. The molecule has 0 aliphatic rings. The Morgan fingerprint density at radius 1 is 1.00 bits per heavy atom. The van der Waals surface area contributed by atoms with E-state index in [1.54, 1.807) is 23.2 Å². The Labute approximate surface area is 177 Å². The second kappa shape index (κ2) is 8.70. The summed E-state index contributed by atoms with van der Waals surface area (Å²) in [6.45, 7) is 0.0595. The Bertz CT molecular complexity index is 1190. The molecule has 4 rings (SSSR count). The van der Waals surface area contributed by atoms with Crippen LogP contribution in [0.2, 0.25) is 0 Å². The van der Waals surface area contributed by atoms with Gasteiger partial charge in [0.25, 0.3) is 12.0 Å². The minimum atomic E-state index is -0.509. The zero-order chi connectivity index (χ0) is 19.5. The number of nitrogens with zero attached hydrogens (tertiary/aromatic N) is 3. The molecule has 0 N–H and O–H groups in total. The SMILES string of the molecule is Br.O=C(C[n+]1ccc(-c2cccc3ccccc23)nc1)c1cccc([N+](=O)[O-])c1. The van der Waals surface area contributed by atoms with Gasteiger partial charge in [-0.3, -0.25) is 14.9 Å². The van der Waals surface area contributed by atoms with Gasteiger partial charge >= 0.3 is 0 Å². The van der Waals surface area contributed by atoms with Crippen molar-refractivity contribution in [3.8, 4) is 11.3 Å². The van der Waals surface area contributed by atoms with E-state index < -0.39 is 4.92 Å². The first-order valence-electron chi connectivity index (χ1n) is 8.73. The highest BCUT2D eigenvalue weighted by Crippen LogP contribution is 2.26. The highest BCUT2D eigenvalue weighted by atomic mass is 79.9. The van der Waals surface area contributed by atoms with Gasteiger partial charge in [-0.1, -0.05) is 48.5 Å². The molecule has 0 saturated heterocycles. The number of hydrogen-bond acceptors (Lipinski definition) is 4. The zero-order valence-electron chi connectivity index (χ0n) is 15.3. The number of halogens is 1. The molecular weight excluding hydrogens is 434 g/mol. The van der Waals surface area contributed by atoms with Crippen molar-refractivity contribution in [2.24, 2.45) is 0 Å². The number of rotatable bonds is 5. The number of nitro groups is 1. The first-order valence-corrected chi connectivity index (χ1v) is 8.73. The number of fused-ring (bicyclic) bond motifs is 1. The number of ketones is 1. The summed E-state index contributed by atoms with van der Waals surface area (Å²) in [6, 6.07) is 21.8. The molecule has 4 aromatic rings. The summed E-state index contributed by atoms with van der Waals surface area (Å²) in [5, 5.41) is 13.1. The largest absolute Gasteiger partial charge is 0.290 e. The molecule has 144 valence electrons. The first-order chi connectivity index (χ1) is 13.6. The quantitative estimate of drug-likeness (QED) is 0.193. The number of carbonyl (C=O) groups is 1. The molecule has 0 unspecified atom stereocenters. The van der Waals surface area contributed by atoms with Crippen molar-refractivity contribution in [1.29, 1.82) is 0 Å². The molecule has 3 aromatic carbocycles. The van der Waals surface area contributed by atoms with Gasteiger partial charge in [0.15, 0.2) is 12.2 Å². The van der Waals surface area contributed by atoms with Gasteiger partial charge in [0.1, 0.15) is 0 Å². The molecule has 0 radical (unpaired) electrons. The van der Waals surface area contributed by atoms with Crippen LogP contribution in [0.3, 0.4) is 0 Å². The Morgan fingerprint density at radius 3 is 2.52 bits per heavy atom. The van der Waals surface area contributed by atoms with Gasteiger partial charge in [0, 0.05) is 29.3 Å². The Kier molecular flexibility index (Phi) is 6.09. The van der Waals surface area contributed by atoms with Crippen molar-refractivity contribution in [2.45, 2.75) is 6.54 Å². The summed E-state index contributed by atoms with van der Waals surface area (Å²) in [5.41, 5.74) is 2.05. The lowest BCUT2D eigenvalue weighted by atomic mass is 10.0. The Balaban J connectivity index is 0.00000240. The molecule has 1 heterocycles. The van der Waals surface area contributed by atoms with E-state index in [0.717, 1.165) is 22.0 Å². The van der Waals surface area contributed by atoms with Crippen molar-refractivity contribution in [2.75, 3.05) is 0 Å². The number of hydrogen-bond donors (Lipinski definition) is 0. The topological polar surface area (TPSA) is 77.0 Å². The number of aromatic nitrogens is 2. The van der Waals surface area contributed by atoms with Crippen molar-refractivity contribution >= 4 is 39.2 Å². The molecule has 1 aromatic heterocycles. The summed E-state index contributed by atoms with van der Waals surface area (Å²) in [6.07, 6.45) is 3.39. The molecule has 0 amide bonds. The third-order valence-electron chi connectivity index (χ3n) is 4.54. The van der Waals surface area contributed by atoms with Crippen LogP contribution in [0.4, 0.5) is 5.69 Å². The first kappa shape index (κ1) is 20.3. The van der Waals surface area contributed by atoms with Gasteiger partial charge in [-0.05, 0) is 21.8 Å². The number of benzene rings is 3. The van der Waals surface area contributed by atoms with E-state index in [0.29, 0.717) is 5.56 Å². The lowest BCUT2D eigenvalue weighted by molar-refractivity contribution is -0.686. The number of Topliss-reactive ketones (excluding diaryl/α,β-unsaturated/α-hetero) is 1. The van der Waals surface area contributed by atoms with Crippen LogP contribution in [0, 0.1) is 10.1 Å². The number of nitro benzene ring substituents is 1. The fraction of sp³-hybridized carbons (Fsp3) is 0.0455. The van der Waals surface area contributed by atoms with Crippen LogP contribution < -0.4 is 4.57 Å². The van der Waals surface area contributed by atoms with E-state index in [1.165, 1.54) is 18.2 Å². The van der Waals surface area contributed by atoms with Crippen molar-refractivity contribution in [3.63, 3.8) is 0 Å². The number of non-ortho nitro benzene ring substituents is 1. The van der Waals surface area contributed by atoms with Gasteiger partial charge in [-0.15, -0.1) is 17.0 Å². The number of carbonyl (C=O) groups excluding carboxylic acids is 1. The van der Waals surface area contributed by atoms with Gasteiger partial charge in [-0.2, -0.15) is 0 Å². The van der Waals surface area contributed by atoms with Crippen LogP contribution in [0.1, 0.15) is 10.4 Å². The molecule has 0 bridgehead atoms. The van der Waals surface area contributed by atoms with E-state index in [-0.39, 0.29) is 35.0 Å². The third-order valence-corrected chi connectivity index (χ3v) is 4.54. The summed E-state index contributed by atoms with van der Waals surface area (Å²) in [7, 11) is 0. The summed E-state index contributed by atoms with van der Waals surface area (Å²) in [4.78, 5) is 27.3. The van der Waals surface area contributed by atoms with Gasteiger partial charge < -0.3 is 0 Å². The second-order valence-electron chi connectivity index (χ2n) is 6.38. The summed E-state index contributed by atoms with van der Waals surface area (Å²) < 4.78 is 1.66. The van der Waals surface area contributed by atoms with Crippen LogP contribution in [0.15, 0.2) is 85.3 Å². The predicted octanol–water partition coefficient (Wildman–Crippen LogP) is 4.56. The Hall–Kier alpha value is -3.45. The van der Waals surface area contributed by atoms with Gasteiger partial charge in [0.05, 0.1) is 11.1 Å². The maximum atomic E-state index is 12.4. The standard InChI is InChI=1S/C22H16N3O3.BrH/c26-22(17-7-3-8-18(13-17)25(27)28)14-24-12-11-21(23-15-24)20-10-4-6-16-5-1-2-9-19(16)20;/h1-13,15H,14H2;1H/q+1;. The van der Waals surface area contributed by atoms with E-state index in [9.17, 15) is 14.9 Å².